The molecule has 1 atom stereocenters. The average Bonchev–Trinajstić information content (AvgIpc) is 2.75. The van der Waals surface area contributed by atoms with E-state index in [2.05, 4.69) is 30.3 Å². The summed E-state index contributed by atoms with van der Waals surface area (Å²) in [6, 6.07) is 6.25. The predicted octanol–water partition coefficient (Wildman–Crippen LogP) is 2.15. The van der Waals surface area contributed by atoms with E-state index in [9.17, 15) is 13.6 Å². The lowest BCUT2D eigenvalue weighted by Crippen LogP contribution is -2.22. The number of aromatic nitrogens is 3. The Hall–Kier alpha value is -4.06. The summed E-state index contributed by atoms with van der Waals surface area (Å²) in [6.07, 6.45) is 0.181. The number of amides is 1. The molecule has 1 aromatic carbocycles. The van der Waals surface area contributed by atoms with Crippen molar-refractivity contribution in [2.45, 2.75) is 12.6 Å². The zero-order chi connectivity index (χ0) is 22.5. The van der Waals surface area contributed by atoms with Crippen molar-refractivity contribution in [2.24, 2.45) is 5.73 Å². The first-order valence-electron chi connectivity index (χ1n) is 8.96. The van der Waals surface area contributed by atoms with Gasteiger partial charge >= 0.3 is 6.09 Å². The summed E-state index contributed by atoms with van der Waals surface area (Å²) in [4.78, 5) is 23.5. The van der Waals surface area contributed by atoms with E-state index in [0.717, 1.165) is 12.3 Å². The molecule has 2 aromatic heterocycles. The van der Waals surface area contributed by atoms with Crippen LogP contribution in [0, 0.1) is 11.6 Å². The normalized spacial score (nSPS) is 11.6. The smallest absolute Gasteiger partial charge is 0.411 e. The van der Waals surface area contributed by atoms with Crippen LogP contribution in [0.2, 0.25) is 0 Å². The van der Waals surface area contributed by atoms with Gasteiger partial charge in [-0.2, -0.15) is 0 Å². The Balaban J connectivity index is 1.91. The number of rotatable bonds is 6. The number of hydrogen-bond acceptors (Lipinski definition) is 9. The summed E-state index contributed by atoms with van der Waals surface area (Å²) in [7, 11) is 1.17. The van der Waals surface area contributed by atoms with Gasteiger partial charge in [0.15, 0.2) is 17.5 Å². The van der Waals surface area contributed by atoms with Crippen LogP contribution in [0.4, 0.5) is 36.7 Å². The van der Waals surface area contributed by atoms with Crippen LogP contribution in [0.1, 0.15) is 23.0 Å². The summed E-state index contributed by atoms with van der Waals surface area (Å²) in [6.45, 7) is 0.0815. The summed E-state index contributed by atoms with van der Waals surface area (Å²) < 4.78 is 32.3. The van der Waals surface area contributed by atoms with Gasteiger partial charge in [0.2, 0.25) is 0 Å². The second-order valence-corrected chi connectivity index (χ2v) is 6.36. The molecule has 0 radical (unpaired) electrons. The number of nitrogen functional groups attached to an aromatic ring is 2. The van der Waals surface area contributed by atoms with Crippen molar-refractivity contribution in [1.29, 1.82) is 0 Å². The SMILES string of the molecule is COC(=O)Nc1c(N)nc(C(N)c2cc(F)cnc2NCc2ccccc2F)nc1N. The van der Waals surface area contributed by atoms with Crippen LogP contribution < -0.4 is 27.8 Å². The van der Waals surface area contributed by atoms with E-state index in [0.29, 0.717) is 5.56 Å². The molecule has 0 fully saturated rings. The third kappa shape index (κ3) is 4.93. The highest BCUT2D eigenvalue weighted by atomic mass is 19.1. The van der Waals surface area contributed by atoms with Crippen LogP contribution in [-0.2, 0) is 11.3 Å². The van der Waals surface area contributed by atoms with Crippen molar-refractivity contribution in [3.8, 4) is 0 Å². The molecule has 0 aliphatic rings. The number of nitrogens with two attached hydrogens (primary N) is 3. The monoisotopic (exact) mass is 430 g/mol. The molecule has 162 valence electrons. The molecular weight excluding hydrogens is 410 g/mol. The highest BCUT2D eigenvalue weighted by Gasteiger charge is 2.22. The number of hydrogen-bond donors (Lipinski definition) is 5. The minimum absolute atomic E-state index is 0.0354. The number of anilines is 4. The first kappa shape index (κ1) is 21.6. The van der Waals surface area contributed by atoms with Crippen LogP contribution in [-0.4, -0.2) is 28.2 Å². The van der Waals surface area contributed by atoms with Crippen LogP contribution in [0.15, 0.2) is 36.5 Å². The van der Waals surface area contributed by atoms with Gasteiger partial charge in [-0.15, -0.1) is 0 Å². The van der Waals surface area contributed by atoms with Gasteiger partial charge in [-0.25, -0.2) is 28.5 Å². The van der Waals surface area contributed by atoms with Crippen LogP contribution in [0.5, 0.6) is 0 Å². The minimum Gasteiger partial charge on any atom is -0.453 e. The zero-order valence-corrected chi connectivity index (χ0v) is 16.4. The van der Waals surface area contributed by atoms with E-state index in [1.807, 2.05) is 0 Å². The number of halogens is 2. The van der Waals surface area contributed by atoms with E-state index in [4.69, 9.17) is 17.2 Å². The molecule has 2 heterocycles. The highest BCUT2D eigenvalue weighted by molar-refractivity contribution is 5.92. The quantitative estimate of drug-likeness (QED) is 0.393. The summed E-state index contributed by atoms with van der Waals surface area (Å²) in [5, 5.41) is 5.23. The summed E-state index contributed by atoms with van der Waals surface area (Å²) >= 11 is 0. The topological polar surface area (TPSA) is 167 Å². The van der Waals surface area contributed by atoms with Gasteiger partial charge < -0.3 is 27.3 Å². The number of benzene rings is 1. The molecule has 10 nitrogen and oxygen atoms in total. The molecule has 3 rings (SSSR count). The maximum Gasteiger partial charge on any atom is 0.411 e. The third-order valence-electron chi connectivity index (χ3n) is 4.30. The highest BCUT2D eigenvalue weighted by Crippen LogP contribution is 2.29. The van der Waals surface area contributed by atoms with Crippen molar-refractivity contribution in [2.75, 3.05) is 29.2 Å². The minimum atomic E-state index is -1.08. The van der Waals surface area contributed by atoms with Crippen molar-refractivity contribution < 1.29 is 18.3 Å². The molecule has 3 aromatic rings. The fourth-order valence-electron chi connectivity index (χ4n) is 2.73. The number of carbonyl (C=O) groups excluding carboxylic acids is 1. The van der Waals surface area contributed by atoms with E-state index >= 15 is 0 Å². The van der Waals surface area contributed by atoms with E-state index in [-0.39, 0.29) is 41.1 Å². The van der Waals surface area contributed by atoms with Crippen molar-refractivity contribution in [3.63, 3.8) is 0 Å². The summed E-state index contributed by atoms with van der Waals surface area (Å²) in [5.74, 6) is -1.20. The van der Waals surface area contributed by atoms with Crippen molar-refractivity contribution in [1.82, 2.24) is 15.0 Å². The lowest BCUT2D eigenvalue weighted by Gasteiger charge is -2.18. The Labute approximate surface area is 175 Å². The van der Waals surface area contributed by atoms with E-state index in [1.54, 1.807) is 18.2 Å². The third-order valence-corrected chi connectivity index (χ3v) is 4.30. The standard InChI is InChI=1S/C19H20F2N8O2/c1-31-19(30)27-14-15(23)28-18(29-16(14)24)13(22)11-6-10(20)8-26-17(11)25-7-9-4-2-3-5-12(9)21/h2-6,8,13H,7,22H2,1H3,(H,25,26)(H,27,30)(H4,23,24,28,29). The maximum atomic E-state index is 13.9. The van der Waals surface area contributed by atoms with Gasteiger partial charge in [-0.05, 0) is 12.1 Å². The largest absolute Gasteiger partial charge is 0.453 e. The lowest BCUT2D eigenvalue weighted by molar-refractivity contribution is 0.187. The van der Waals surface area contributed by atoms with Gasteiger partial charge in [-0.3, -0.25) is 5.32 Å². The van der Waals surface area contributed by atoms with Gasteiger partial charge in [0, 0.05) is 17.7 Å². The Morgan fingerprint density at radius 2 is 1.87 bits per heavy atom. The second-order valence-electron chi connectivity index (χ2n) is 6.36. The first-order chi connectivity index (χ1) is 14.8. The molecule has 0 aliphatic heterocycles. The molecule has 0 saturated heterocycles. The lowest BCUT2D eigenvalue weighted by atomic mass is 10.1. The molecule has 0 bridgehead atoms. The Bertz CT molecular complexity index is 1090. The molecular formula is C19H20F2N8O2. The Morgan fingerprint density at radius 3 is 2.52 bits per heavy atom. The van der Waals surface area contributed by atoms with Crippen LogP contribution in [0.3, 0.4) is 0 Å². The molecule has 31 heavy (non-hydrogen) atoms. The molecule has 1 unspecified atom stereocenters. The summed E-state index contributed by atoms with van der Waals surface area (Å²) in [5.41, 5.74) is 18.5. The Kier molecular flexibility index (Phi) is 6.40. The van der Waals surface area contributed by atoms with Gasteiger partial charge in [0.25, 0.3) is 0 Å². The fraction of sp³-hybridized carbons (Fsp3) is 0.158. The zero-order valence-electron chi connectivity index (χ0n) is 16.4. The number of carbonyl (C=O) groups is 1. The van der Waals surface area contributed by atoms with Gasteiger partial charge in [-0.1, -0.05) is 18.2 Å². The molecule has 0 saturated carbocycles. The average molecular weight is 430 g/mol. The van der Waals surface area contributed by atoms with Crippen LogP contribution in [0.25, 0.3) is 0 Å². The predicted molar refractivity (Wildman–Crippen MR) is 111 cm³/mol. The number of nitrogens with zero attached hydrogens (tertiary/aromatic N) is 3. The van der Waals surface area contributed by atoms with Gasteiger partial charge in [0.1, 0.15) is 23.1 Å². The van der Waals surface area contributed by atoms with Gasteiger partial charge in [0.05, 0.1) is 19.3 Å². The van der Waals surface area contributed by atoms with Crippen LogP contribution >= 0.6 is 0 Å². The molecule has 12 heteroatoms. The number of ether oxygens (including phenoxy) is 1. The Morgan fingerprint density at radius 1 is 1.19 bits per heavy atom. The molecule has 0 spiro atoms. The van der Waals surface area contributed by atoms with E-state index in [1.165, 1.54) is 13.2 Å². The maximum absolute atomic E-state index is 13.9. The molecule has 0 aliphatic carbocycles. The number of methoxy groups -OCH3 is 1. The van der Waals surface area contributed by atoms with Crippen molar-refractivity contribution >= 4 is 29.2 Å². The first-order valence-corrected chi connectivity index (χ1v) is 8.96. The molecule has 1 amide bonds. The van der Waals surface area contributed by atoms with Crippen molar-refractivity contribution in [3.05, 3.63) is 65.1 Å². The molecule has 8 N–H and O–H groups in total. The number of nitrogens with one attached hydrogen (secondary N) is 2. The van der Waals surface area contributed by atoms with E-state index < -0.39 is 23.8 Å². The number of pyridine rings is 1. The fourth-order valence-corrected chi connectivity index (χ4v) is 2.73. The second kappa shape index (κ2) is 9.17.